The van der Waals surface area contributed by atoms with E-state index in [0.29, 0.717) is 11.3 Å². The summed E-state index contributed by atoms with van der Waals surface area (Å²) in [6.07, 6.45) is 2.58. The molecule has 1 amide bonds. The van der Waals surface area contributed by atoms with Crippen molar-refractivity contribution >= 4 is 6.09 Å². The normalized spacial score (nSPS) is 43.9. The molecule has 2 rings (SSSR count). The number of nitrogens with one attached hydrogen (secondary N) is 1. The number of fused-ring (bicyclic) bond motifs is 2. The molecule has 2 aliphatic rings. The number of carboxylic acid groups (broad SMARTS) is 1. The summed E-state index contributed by atoms with van der Waals surface area (Å²) in [6, 6.07) is 0.161. The number of hydrogen-bond donors (Lipinski definition) is 2. The predicted octanol–water partition coefficient (Wildman–Crippen LogP) is 2.47. The molecule has 0 aromatic carbocycles. The first-order valence-corrected chi connectivity index (χ1v) is 5.37. The molecule has 2 fully saturated rings. The zero-order valence-corrected chi connectivity index (χ0v) is 9.13. The zero-order chi connectivity index (χ0) is 10.6. The molecule has 2 saturated carbocycles. The Hall–Kier alpha value is -0.730. The van der Waals surface area contributed by atoms with Crippen LogP contribution in [0.5, 0.6) is 0 Å². The Morgan fingerprint density at radius 1 is 1.43 bits per heavy atom. The molecule has 2 aliphatic carbocycles. The molecule has 2 bridgehead atoms. The van der Waals surface area contributed by atoms with Crippen molar-refractivity contribution in [2.75, 3.05) is 0 Å². The highest BCUT2D eigenvalue weighted by atomic mass is 16.4. The molecule has 0 aromatic rings. The SMILES string of the molecule is CC1(C)C2CCC1(C)C(NC(=O)O)C2. The lowest BCUT2D eigenvalue weighted by Crippen LogP contribution is -2.46. The van der Waals surface area contributed by atoms with E-state index in [2.05, 4.69) is 26.1 Å². The molecule has 3 heteroatoms. The monoisotopic (exact) mass is 197 g/mol. The van der Waals surface area contributed by atoms with Crippen LogP contribution in [0.15, 0.2) is 0 Å². The molecule has 0 aliphatic heterocycles. The van der Waals surface area contributed by atoms with Gasteiger partial charge >= 0.3 is 6.09 Å². The average molecular weight is 197 g/mol. The fraction of sp³-hybridized carbons (Fsp3) is 0.909. The van der Waals surface area contributed by atoms with Crippen molar-refractivity contribution in [2.45, 2.75) is 46.1 Å². The third-order valence-electron chi connectivity index (χ3n) is 5.09. The van der Waals surface area contributed by atoms with E-state index in [9.17, 15) is 4.79 Å². The van der Waals surface area contributed by atoms with E-state index in [0.717, 1.165) is 12.8 Å². The summed E-state index contributed by atoms with van der Waals surface area (Å²) in [6.45, 7) is 6.81. The number of carbonyl (C=O) groups is 1. The molecular formula is C11H19NO2. The van der Waals surface area contributed by atoms with Crippen LogP contribution in [-0.2, 0) is 0 Å². The van der Waals surface area contributed by atoms with Crippen molar-refractivity contribution in [1.29, 1.82) is 0 Å². The van der Waals surface area contributed by atoms with Crippen LogP contribution in [0.4, 0.5) is 4.79 Å². The largest absolute Gasteiger partial charge is 0.465 e. The molecule has 3 atom stereocenters. The zero-order valence-electron chi connectivity index (χ0n) is 9.13. The summed E-state index contributed by atoms with van der Waals surface area (Å²) in [5.41, 5.74) is 0.455. The van der Waals surface area contributed by atoms with Crippen LogP contribution in [0.1, 0.15) is 40.0 Å². The minimum atomic E-state index is -0.875. The van der Waals surface area contributed by atoms with E-state index in [1.165, 1.54) is 6.42 Å². The Labute approximate surface area is 84.9 Å². The van der Waals surface area contributed by atoms with Crippen LogP contribution < -0.4 is 5.32 Å². The van der Waals surface area contributed by atoms with Crippen molar-refractivity contribution < 1.29 is 9.90 Å². The fourth-order valence-corrected chi connectivity index (χ4v) is 3.57. The fourth-order valence-electron chi connectivity index (χ4n) is 3.57. The number of amides is 1. The quantitative estimate of drug-likeness (QED) is 0.678. The van der Waals surface area contributed by atoms with Crippen molar-refractivity contribution in [3.05, 3.63) is 0 Å². The minimum absolute atomic E-state index is 0.161. The highest BCUT2D eigenvalue weighted by Gasteiger charge is 2.61. The van der Waals surface area contributed by atoms with Gasteiger partial charge in [0.15, 0.2) is 0 Å². The van der Waals surface area contributed by atoms with Crippen molar-refractivity contribution in [3.8, 4) is 0 Å². The summed E-state index contributed by atoms with van der Waals surface area (Å²) in [7, 11) is 0. The molecule has 80 valence electrons. The molecule has 0 spiro atoms. The van der Waals surface area contributed by atoms with Gasteiger partial charge in [0.2, 0.25) is 0 Å². The lowest BCUT2D eigenvalue weighted by molar-refractivity contribution is 0.115. The highest BCUT2D eigenvalue weighted by molar-refractivity contribution is 5.65. The van der Waals surface area contributed by atoms with Crippen LogP contribution >= 0.6 is 0 Å². The van der Waals surface area contributed by atoms with Gasteiger partial charge in [-0.3, -0.25) is 0 Å². The lowest BCUT2D eigenvalue weighted by atomic mass is 9.69. The Kier molecular flexibility index (Phi) is 1.85. The van der Waals surface area contributed by atoms with Gasteiger partial charge in [-0.1, -0.05) is 20.8 Å². The van der Waals surface area contributed by atoms with Gasteiger partial charge in [0.05, 0.1) is 0 Å². The third-order valence-corrected chi connectivity index (χ3v) is 5.09. The van der Waals surface area contributed by atoms with Gasteiger partial charge in [-0.25, -0.2) is 4.79 Å². The molecule has 0 saturated heterocycles. The summed E-state index contributed by atoms with van der Waals surface area (Å²) in [5, 5.41) is 11.5. The van der Waals surface area contributed by atoms with E-state index in [-0.39, 0.29) is 11.5 Å². The van der Waals surface area contributed by atoms with E-state index in [1.807, 2.05) is 0 Å². The van der Waals surface area contributed by atoms with Gasteiger partial charge < -0.3 is 10.4 Å². The third kappa shape index (κ3) is 1.01. The number of hydrogen-bond acceptors (Lipinski definition) is 1. The Bertz CT molecular complexity index is 274. The maximum absolute atomic E-state index is 10.7. The second-order valence-electron chi connectivity index (χ2n) is 5.61. The molecule has 0 heterocycles. The predicted molar refractivity (Wildman–Crippen MR) is 54.2 cm³/mol. The first-order chi connectivity index (χ1) is 6.38. The molecule has 14 heavy (non-hydrogen) atoms. The second kappa shape index (κ2) is 2.65. The topological polar surface area (TPSA) is 49.3 Å². The standard InChI is InChI=1S/C11H19NO2/c1-10(2)7-4-5-11(10,3)8(6-7)12-9(13)14/h7-8,12H,4-6H2,1-3H3,(H,13,14). The van der Waals surface area contributed by atoms with Crippen LogP contribution in [0.3, 0.4) is 0 Å². The van der Waals surface area contributed by atoms with Crippen LogP contribution in [0.25, 0.3) is 0 Å². The van der Waals surface area contributed by atoms with E-state index in [1.54, 1.807) is 0 Å². The first-order valence-electron chi connectivity index (χ1n) is 5.37. The van der Waals surface area contributed by atoms with Gasteiger partial charge in [0.25, 0.3) is 0 Å². The smallest absolute Gasteiger partial charge is 0.404 e. The maximum atomic E-state index is 10.7. The van der Waals surface area contributed by atoms with Gasteiger partial charge in [0.1, 0.15) is 0 Å². The van der Waals surface area contributed by atoms with Crippen LogP contribution in [0, 0.1) is 16.7 Å². The summed E-state index contributed by atoms with van der Waals surface area (Å²) in [4.78, 5) is 10.7. The van der Waals surface area contributed by atoms with Gasteiger partial charge in [-0.15, -0.1) is 0 Å². The summed E-state index contributed by atoms with van der Waals surface area (Å²) >= 11 is 0. The van der Waals surface area contributed by atoms with Gasteiger partial charge in [-0.05, 0) is 36.0 Å². The highest BCUT2D eigenvalue weighted by Crippen LogP contribution is 2.65. The van der Waals surface area contributed by atoms with E-state index >= 15 is 0 Å². The molecule has 0 aromatic heterocycles. The van der Waals surface area contributed by atoms with Crippen molar-refractivity contribution in [3.63, 3.8) is 0 Å². The molecule has 3 nitrogen and oxygen atoms in total. The Morgan fingerprint density at radius 2 is 2.07 bits per heavy atom. The second-order valence-corrected chi connectivity index (χ2v) is 5.61. The molecule has 0 radical (unpaired) electrons. The van der Waals surface area contributed by atoms with Gasteiger partial charge in [0, 0.05) is 6.04 Å². The van der Waals surface area contributed by atoms with Gasteiger partial charge in [-0.2, -0.15) is 0 Å². The van der Waals surface area contributed by atoms with Crippen molar-refractivity contribution in [1.82, 2.24) is 5.32 Å². The Morgan fingerprint density at radius 3 is 2.43 bits per heavy atom. The van der Waals surface area contributed by atoms with Crippen molar-refractivity contribution in [2.24, 2.45) is 16.7 Å². The van der Waals surface area contributed by atoms with Crippen LogP contribution in [0.2, 0.25) is 0 Å². The molecule has 2 N–H and O–H groups in total. The Balaban J connectivity index is 2.23. The number of rotatable bonds is 1. The minimum Gasteiger partial charge on any atom is -0.465 e. The van der Waals surface area contributed by atoms with E-state index in [4.69, 9.17) is 5.11 Å². The maximum Gasteiger partial charge on any atom is 0.404 e. The summed E-state index contributed by atoms with van der Waals surface area (Å²) in [5.74, 6) is 0.698. The average Bonchev–Trinajstić information content (AvgIpc) is 2.35. The van der Waals surface area contributed by atoms with Crippen LogP contribution in [-0.4, -0.2) is 17.2 Å². The molecule has 3 unspecified atom stereocenters. The first kappa shape index (κ1) is 9.81. The lowest BCUT2D eigenvalue weighted by Gasteiger charge is -2.38. The van der Waals surface area contributed by atoms with E-state index < -0.39 is 6.09 Å². The molecular weight excluding hydrogens is 178 g/mol. The summed E-state index contributed by atoms with van der Waals surface area (Å²) < 4.78 is 0.